The van der Waals surface area contributed by atoms with Gasteiger partial charge in [-0.3, -0.25) is 4.79 Å². The molecule has 0 saturated heterocycles. The molecule has 0 unspecified atom stereocenters. The van der Waals surface area contributed by atoms with Gasteiger partial charge < -0.3 is 10.1 Å². The molecule has 0 atom stereocenters. The minimum Gasteiger partial charge on any atom is -0.384 e. The summed E-state index contributed by atoms with van der Waals surface area (Å²) in [6.07, 6.45) is 1.99. The number of carbonyl (C=O) groups excluding carboxylic acids is 1. The zero-order valence-corrected chi connectivity index (χ0v) is 7.49. The zero-order valence-electron chi connectivity index (χ0n) is 7.49. The highest BCUT2D eigenvalue weighted by Gasteiger charge is 2.00. The number of hydrogen-bond donors (Lipinski definition) is 1. The summed E-state index contributed by atoms with van der Waals surface area (Å²) in [4.78, 5) is 15.1. The third kappa shape index (κ3) is 3.66. The van der Waals surface area contributed by atoms with Crippen molar-refractivity contribution in [2.75, 3.05) is 19.0 Å². The van der Waals surface area contributed by atoms with Crippen LogP contribution in [0.5, 0.6) is 0 Å². The first-order valence-corrected chi connectivity index (χ1v) is 4.03. The molecular formula is C9H12N2O2. The second-order valence-corrected chi connectivity index (χ2v) is 2.51. The second kappa shape index (κ2) is 5.27. The Bertz CT molecular complexity index is 262. The number of pyridine rings is 1. The molecule has 0 aromatic carbocycles. The first-order valence-electron chi connectivity index (χ1n) is 4.03. The van der Waals surface area contributed by atoms with Crippen molar-refractivity contribution >= 4 is 11.7 Å². The van der Waals surface area contributed by atoms with Gasteiger partial charge in [0.2, 0.25) is 5.91 Å². The van der Waals surface area contributed by atoms with Crippen molar-refractivity contribution < 1.29 is 9.53 Å². The smallest absolute Gasteiger partial charge is 0.227 e. The van der Waals surface area contributed by atoms with E-state index in [9.17, 15) is 4.79 Å². The van der Waals surface area contributed by atoms with Crippen LogP contribution < -0.4 is 5.32 Å². The number of rotatable bonds is 4. The third-order valence-corrected chi connectivity index (χ3v) is 1.47. The van der Waals surface area contributed by atoms with Gasteiger partial charge in [-0.2, -0.15) is 0 Å². The normalized spacial score (nSPS) is 9.62. The molecule has 0 spiro atoms. The largest absolute Gasteiger partial charge is 0.384 e. The number of hydrogen-bond acceptors (Lipinski definition) is 3. The molecule has 0 aliphatic carbocycles. The van der Waals surface area contributed by atoms with Crippen LogP contribution in [0.15, 0.2) is 24.4 Å². The summed E-state index contributed by atoms with van der Waals surface area (Å²) in [6.45, 7) is 0.429. The molecule has 1 amide bonds. The van der Waals surface area contributed by atoms with Crippen LogP contribution in [0.4, 0.5) is 5.82 Å². The van der Waals surface area contributed by atoms with E-state index >= 15 is 0 Å². The molecule has 13 heavy (non-hydrogen) atoms. The molecule has 0 aliphatic heterocycles. The summed E-state index contributed by atoms with van der Waals surface area (Å²) in [5.41, 5.74) is 0. The molecular weight excluding hydrogens is 168 g/mol. The van der Waals surface area contributed by atoms with Crippen molar-refractivity contribution in [2.45, 2.75) is 6.42 Å². The Hall–Kier alpha value is -1.42. The Kier molecular flexibility index (Phi) is 3.92. The molecule has 0 saturated carbocycles. The molecule has 1 aromatic rings. The maximum atomic E-state index is 11.1. The highest BCUT2D eigenvalue weighted by atomic mass is 16.5. The maximum absolute atomic E-state index is 11.1. The lowest BCUT2D eigenvalue weighted by molar-refractivity contribution is -0.117. The van der Waals surface area contributed by atoms with Gasteiger partial charge in [-0.25, -0.2) is 4.98 Å². The minimum atomic E-state index is -0.0828. The molecule has 0 bridgehead atoms. The molecule has 0 fully saturated rings. The molecule has 70 valence electrons. The Morgan fingerprint density at radius 3 is 3.08 bits per heavy atom. The van der Waals surface area contributed by atoms with E-state index in [2.05, 4.69) is 10.3 Å². The van der Waals surface area contributed by atoms with E-state index < -0.39 is 0 Å². The van der Waals surface area contributed by atoms with Crippen molar-refractivity contribution in [1.82, 2.24) is 4.98 Å². The number of nitrogens with one attached hydrogen (secondary N) is 1. The number of methoxy groups -OCH3 is 1. The number of nitrogens with zero attached hydrogens (tertiary/aromatic N) is 1. The SMILES string of the molecule is COCCC(=O)Nc1ccccn1. The fourth-order valence-corrected chi connectivity index (χ4v) is 0.837. The topological polar surface area (TPSA) is 51.2 Å². The van der Waals surface area contributed by atoms with Gasteiger partial charge in [0.15, 0.2) is 0 Å². The van der Waals surface area contributed by atoms with Gasteiger partial charge in [-0.05, 0) is 12.1 Å². The first-order chi connectivity index (χ1) is 6.33. The van der Waals surface area contributed by atoms with Crippen molar-refractivity contribution in [3.05, 3.63) is 24.4 Å². The summed E-state index contributed by atoms with van der Waals surface area (Å²) < 4.78 is 4.77. The van der Waals surface area contributed by atoms with Crippen molar-refractivity contribution in [3.63, 3.8) is 0 Å². The van der Waals surface area contributed by atoms with Crippen LogP contribution in [0.1, 0.15) is 6.42 Å². The van der Waals surface area contributed by atoms with Crippen molar-refractivity contribution in [2.24, 2.45) is 0 Å². The van der Waals surface area contributed by atoms with E-state index in [-0.39, 0.29) is 5.91 Å². The molecule has 1 heterocycles. The van der Waals surface area contributed by atoms with E-state index in [1.54, 1.807) is 25.4 Å². The Balaban J connectivity index is 2.37. The summed E-state index contributed by atoms with van der Waals surface area (Å²) in [5, 5.41) is 2.65. The van der Waals surface area contributed by atoms with Crippen molar-refractivity contribution in [1.29, 1.82) is 0 Å². The first kappa shape index (κ1) is 9.67. The molecule has 4 nitrogen and oxygen atoms in total. The average molecular weight is 180 g/mol. The minimum absolute atomic E-state index is 0.0828. The van der Waals surface area contributed by atoms with Crippen LogP contribution in [0, 0.1) is 0 Å². The lowest BCUT2D eigenvalue weighted by Crippen LogP contribution is -2.14. The summed E-state index contributed by atoms with van der Waals surface area (Å²) >= 11 is 0. The van der Waals surface area contributed by atoms with Gasteiger partial charge in [0.05, 0.1) is 13.0 Å². The summed E-state index contributed by atoms with van der Waals surface area (Å²) in [6, 6.07) is 5.36. The number of anilines is 1. The van der Waals surface area contributed by atoms with Crippen LogP contribution in [-0.4, -0.2) is 24.6 Å². The Labute approximate surface area is 76.9 Å². The maximum Gasteiger partial charge on any atom is 0.227 e. The van der Waals surface area contributed by atoms with Gasteiger partial charge in [-0.15, -0.1) is 0 Å². The van der Waals surface area contributed by atoms with E-state index in [0.717, 1.165) is 0 Å². The zero-order chi connectivity index (χ0) is 9.52. The lowest BCUT2D eigenvalue weighted by atomic mass is 10.4. The summed E-state index contributed by atoms with van der Waals surface area (Å²) in [5.74, 6) is 0.490. The lowest BCUT2D eigenvalue weighted by Gasteiger charge is -2.02. The van der Waals surface area contributed by atoms with E-state index in [4.69, 9.17) is 4.74 Å². The molecule has 4 heteroatoms. The predicted molar refractivity (Wildman–Crippen MR) is 49.4 cm³/mol. The third-order valence-electron chi connectivity index (χ3n) is 1.47. The highest BCUT2D eigenvalue weighted by molar-refractivity contribution is 5.89. The number of ether oxygens (including phenoxy) is 1. The predicted octanol–water partition coefficient (Wildman–Crippen LogP) is 1.06. The van der Waals surface area contributed by atoms with Crippen molar-refractivity contribution in [3.8, 4) is 0 Å². The van der Waals surface area contributed by atoms with Gasteiger partial charge >= 0.3 is 0 Å². The molecule has 0 radical (unpaired) electrons. The summed E-state index contributed by atoms with van der Waals surface area (Å²) in [7, 11) is 1.56. The second-order valence-electron chi connectivity index (χ2n) is 2.51. The quantitative estimate of drug-likeness (QED) is 0.753. The standard InChI is InChI=1S/C9H12N2O2/c1-13-7-5-9(12)11-8-4-2-3-6-10-8/h2-4,6H,5,7H2,1H3,(H,10,11,12). The van der Waals surface area contributed by atoms with Gasteiger partial charge in [-0.1, -0.05) is 6.07 Å². The van der Waals surface area contributed by atoms with Gasteiger partial charge in [0, 0.05) is 13.3 Å². The monoisotopic (exact) mass is 180 g/mol. The van der Waals surface area contributed by atoms with E-state index in [1.165, 1.54) is 0 Å². The number of aromatic nitrogens is 1. The van der Waals surface area contributed by atoms with Crippen LogP contribution in [0.2, 0.25) is 0 Å². The van der Waals surface area contributed by atoms with Crippen LogP contribution >= 0.6 is 0 Å². The molecule has 0 aliphatic rings. The molecule has 1 aromatic heterocycles. The fourth-order valence-electron chi connectivity index (χ4n) is 0.837. The molecule has 1 rings (SSSR count). The van der Waals surface area contributed by atoms with Gasteiger partial charge in [0.25, 0.3) is 0 Å². The average Bonchev–Trinajstić information content (AvgIpc) is 2.16. The van der Waals surface area contributed by atoms with E-state index in [1.807, 2.05) is 6.07 Å². The number of carbonyl (C=O) groups is 1. The Morgan fingerprint density at radius 1 is 1.62 bits per heavy atom. The number of amides is 1. The van der Waals surface area contributed by atoms with E-state index in [0.29, 0.717) is 18.8 Å². The van der Waals surface area contributed by atoms with Crippen LogP contribution in [0.25, 0.3) is 0 Å². The van der Waals surface area contributed by atoms with Crippen LogP contribution in [0.3, 0.4) is 0 Å². The van der Waals surface area contributed by atoms with Crippen LogP contribution in [-0.2, 0) is 9.53 Å². The van der Waals surface area contributed by atoms with Gasteiger partial charge in [0.1, 0.15) is 5.82 Å². The fraction of sp³-hybridized carbons (Fsp3) is 0.333. The molecule has 1 N–H and O–H groups in total. The highest BCUT2D eigenvalue weighted by Crippen LogP contribution is 2.00. The Morgan fingerprint density at radius 2 is 2.46 bits per heavy atom.